The van der Waals surface area contributed by atoms with Crippen LogP contribution in [0.4, 0.5) is 0 Å². The predicted octanol–water partition coefficient (Wildman–Crippen LogP) is 4.01. The van der Waals surface area contributed by atoms with Gasteiger partial charge in [0.15, 0.2) is 0 Å². The van der Waals surface area contributed by atoms with Crippen molar-refractivity contribution in [3.8, 4) is 0 Å². The molecule has 0 radical (unpaired) electrons. The minimum Gasteiger partial charge on any atom is -0.287 e. The predicted molar refractivity (Wildman–Crippen MR) is 65.5 cm³/mol. The van der Waals surface area contributed by atoms with Crippen LogP contribution >= 0.6 is 7.82 Å². The molecule has 1 unspecified atom stereocenters. The fourth-order valence-corrected chi connectivity index (χ4v) is 2.34. The summed E-state index contributed by atoms with van der Waals surface area (Å²) in [7, 11) is -3.32. The van der Waals surface area contributed by atoms with E-state index in [2.05, 4.69) is 6.92 Å². The second-order valence-corrected chi connectivity index (χ2v) is 5.83. The maximum atomic E-state index is 12.1. The maximum Gasteiger partial charge on any atom is 0.474 e. The zero-order valence-corrected chi connectivity index (χ0v) is 11.8. The van der Waals surface area contributed by atoms with E-state index in [0.717, 1.165) is 19.3 Å². The van der Waals surface area contributed by atoms with E-state index in [-0.39, 0.29) is 0 Å². The summed E-state index contributed by atoms with van der Waals surface area (Å²) >= 11 is 0. The fourth-order valence-electron chi connectivity index (χ4n) is 0.876. The van der Waals surface area contributed by atoms with Crippen molar-refractivity contribution in [1.29, 1.82) is 0 Å². The van der Waals surface area contributed by atoms with E-state index >= 15 is 0 Å². The van der Waals surface area contributed by atoms with Crippen LogP contribution in [-0.4, -0.2) is 19.8 Å². The molecule has 0 spiro atoms. The van der Waals surface area contributed by atoms with Crippen molar-refractivity contribution in [3.05, 3.63) is 0 Å². The molecule has 0 fully saturated rings. The quantitative estimate of drug-likeness (QED) is 0.435. The lowest BCUT2D eigenvalue weighted by Crippen LogP contribution is -2.06. The highest BCUT2D eigenvalue weighted by atomic mass is 31.2. The molecule has 98 valence electrons. The third kappa shape index (κ3) is 8.28. The first kappa shape index (κ1) is 16.1. The van der Waals surface area contributed by atoms with E-state index in [1.54, 1.807) is 0 Å². The topological polar surface area (TPSA) is 44.8 Å². The Bertz CT molecular complexity index is 206. The summed E-state index contributed by atoms with van der Waals surface area (Å²) in [6.45, 7) is 9.23. The van der Waals surface area contributed by atoms with E-state index in [9.17, 15) is 4.57 Å². The molecule has 0 N–H and O–H groups in total. The van der Waals surface area contributed by atoms with Crippen LogP contribution in [0.25, 0.3) is 0 Å². The Morgan fingerprint density at radius 3 is 2.12 bits per heavy atom. The van der Waals surface area contributed by atoms with Crippen LogP contribution in [0.1, 0.15) is 47.0 Å². The van der Waals surface area contributed by atoms with Crippen LogP contribution in [0, 0.1) is 5.92 Å². The van der Waals surface area contributed by atoms with E-state index < -0.39 is 7.82 Å². The summed E-state index contributed by atoms with van der Waals surface area (Å²) in [4.78, 5) is 0. The second-order valence-electron chi connectivity index (χ2n) is 4.16. The maximum absolute atomic E-state index is 12.1. The average Bonchev–Trinajstić information content (AvgIpc) is 2.24. The van der Waals surface area contributed by atoms with Gasteiger partial charge in [0.05, 0.1) is 19.8 Å². The van der Waals surface area contributed by atoms with Gasteiger partial charge in [-0.15, -0.1) is 0 Å². The molecule has 0 saturated heterocycles. The first-order chi connectivity index (χ1) is 7.54. The van der Waals surface area contributed by atoms with E-state index in [1.807, 2.05) is 20.8 Å². The molecule has 0 aliphatic rings. The molecule has 0 heterocycles. The standard InChI is InChI=1S/C11H25O4P/c1-5-7-9-14-16(12,13-8-6-2)15-10-11(3)4/h11H,5-10H2,1-4H3. The molecule has 1 atom stereocenters. The van der Waals surface area contributed by atoms with Gasteiger partial charge in [-0.2, -0.15) is 0 Å². The minimum absolute atomic E-state index is 0.313. The van der Waals surface area contributed by atoms with Gasteiger partial charge in [0.25, 0.3) is 0 Å². The summed E-state index contributed by atoms with van der Waals surface area (Å²) in [6, 6.07) is 0. The molecule has 0 amide bonds. The van der Waals surface area contributed by atoms with Gasteiger partial charge >= 0.3 is 7.82 Å². The highest BCUT2D eigenvalue weighted by Gasteiger charge is 2.26. The van der Waals surface area contributed by atoms with Gasteiger partial charge in [-0.05, 0) is 18.8 Å². The van der Waals surface area contributed by atoms with Crippen LogP contribution in [0.15, 0.2) is 0 Å². The van der Waals surface area contributed by atoms with Gasteiger partial charge in [0.2, 0.25) is 0 Å². The first-order valence-electron chi connectivity index (χ1n) is 6.07. The summed E-state index contributed by atoms with van der Waals surface area (Å²) < 4.78 is 27.8. The Balaban J connectivity index is 4.07. The third-order valence-electron chi connectivity index (χ3n) is 1.77. The molecule has 0 aromatic heterocycles. The second kappa shape index (κ2) is 9.17. The largest absolute Gasteiger partial charge is 0.474 e. The van der Waals surface area contributed by atoms with E-state index in [4.69, 9.17) is 13.6 Å². The highest BCUT2D eigenvalue weighted by Crippen LogP contribution is 2.49. The van der Waals surface area contributed by atoms with Crippen LogP contribution in [0.3, 0.4) is 0 Å². The van der Waals surface area contributed by atoms with Crippen LogP contribution in [-0.2, 0) is 18.1 Å². The number of rotatable bonds is 10. The van der Waals surface area contributed by atoms with Crippen molar-refractivity contribution in [2.75, 3.05) is 19.8 Å². The molecule has 0 aliphatic heterocycles. The molecular weight excluding hydrogens is 227 g/mol. The zero-order valence-electron chi connectivity index (χ0n) is 10.9. The molecule has 5 heteroatoms. The van der Waals surface area contributed by atoms with Crippen molar-refractivity contribution in [2.24, 2.45) is 5.92 Å². The molecule has 4 nitrogen and oxygen atoms in total. The van der Waals surface area contributed by atoms with Crippen LogP contribution in [0.5, 0.6) is 0 Å². The lowest BCUT2D eigenvalue weighted by atomic mass is 10.2. The number of hydrogen-bond acceptors (Lipinski definition) is 4. The van der Waals surface area contributed by atoms with Crippen LogP contribution in [0.2, 0.25) is 0 Å². The molecule has 0 aliphatic carbocycles. The van der Waals surface area contributed by atoms with Gasteiger partial charge in [-0.3, -0.25) is 13.6 Å². The van der Waals surface area contributed by atoms with Gasteiger partial charge < -0.3 is 0 Å². The summed E-state index contributed by atoms with van der Waals surface area (Å²) in [5.41, 5.74) is 0. The normalized spacial score (nSPS) is 15.3. The summed E-state index contributed by atoms with van der Waals surface area (Å²) in [6.07, 6.45) is 2.66. The van der Waals surface area contributed by atoms with Crippen molar-refractivity contribution < 1.29 is 18.1 Å². The Hall–Kier alpha value is 0.110. The molecule has 0 aromatic rings. The van der Waals surface area contributed by atoms with Crippen molar-refractivity contribution >= 4 is 7.82 Å². The average molecular weight is 252 g/mol. The molecule has 16 heavy (non-hydrogen) atoms. The molecular formula is C11H25O4P. The summed E-state index contributed by atoms with van der Waals surface area (Å²) in [5, 5.41) is 0. The number of unbranched alkanes of at least 4 members (excludes halogenated alkanes) is 1. The van der Waals surface area contributed by atoms with Gasteiger partial charge in [0, 0.05) is 0 Å². The number of phosphoric acid groups is 1. The Labute approximate surface area is 99.3 Å². The fraction of sp³-hybridized carbons (Fsp3) is 1.00. The SMILES string of the molecule is CCCCOP(=O)(OCCC)OCC(C)C. The van der Waals surface area contributed by atoms with Crippen LogP contribution < -0.4 is 0 Å². The van der Waals surface area contributed by atoms with Gasteiger partial charge in [0.1, 0.15) is 0 Å². The first-order valence-corrected chi connectivity index (χ1v) is 7.53. The molecule has 0 rings (SSSR count). The Kier molecular flexibility index (Phi) is 9.24. The minimum atomic E-state index is -3.32. The van der Waals surface area contributed by atoms with Gasteiger partial charge in [-0.25, -0.2) is 4.57 Å². The number of hydrogen-bond donors (Lipinski definition) is 0. The van der Waals surface area contributed by atoms with Gasteiger partial charge in [-0.1, -0.05) is 34.1 Å². The van der Waals surface area contributed by atoms with Crippen molar-refractivity contribution in [1.82, 2.24) is 0 Å². The molecule has 0 saturated carbocycles. The highest BCUT2D eigenvalue weighted by molar-refractivity contribution is 7.48. The Morgan fingerprint density at radius 2 is 1.62 bits per heavy atom. The van der Waals surface area contributed by atoms with E-state index in [1.165, 1.54) is 0 Å². The molecule has 0 aromatic carbocycles. The number of phosphoric ester groups is 1. The zero-order chi connectivity index (χ0) is 12.4. The molecule has 0 bridgehead atoms. The smallest absolute Gasteiger partial charge is 0.287 e. The van der Waals surface area contributed by atoms with Crippen molar-refractivity contribution in [3.63, 3.8) is 0 Å². The third-order valence-corrected chi connectivity index (χ3v) is 3.23. The van der Waals surface area contributed by atoms with Crippen molar-refractivity contribution in [2.45, 2.75) is 47.0 Å². The van der Waals surface area contributed by atoms with E-state index in [0.29, 0.717) is 25.7 Å². The summed E-state index contributed by atoms with van der Waals surface area (Å²) in [5.74, 6) is 0.313. The Morgan fingerprint density at radius 1 is 1.00 bits per heavy atom. The lowest BCUT2D eigenvalue weighted by Gasteiger charge is -2.18. The monoisotopic (exact) mass is 252 g/mol. The lowest BCUT2D eigenvalue weighted by molar-refractivity contribution is 0.103.